The minimum Gasteiger partial charge on any atom is -0.465 e. The van der Waals surface area contributed by atoms with E-state index in [4.69, 9.17) is 4.74 Å². The van der Waals surface area contributed by atoms with Gasteiger partial charge in [0.1, 0.15) is 12.2 Å². The minimum atomic E-state index is -0.676. The smallest absolute Gasteiger partial charge is 0.316 e. The zero-order chi connectivity index (χ0) is 9.40. The van der Waals surface area contributed by atoms with E-state index in [2.05, 4.69) is 4.74 Å². The Hall–Kier alpha value is -0.900. The Bertz CT molecular complexity index is 144. The van der Waals surface area contributed by atoms with E-state index in [-0.39, 0.29) is 0 Å². The van der Waals surface area contributed by atoms with Crippen LogP contribution in [0.1, 0.15) is 13.3 Å². The van der Waals surface area contributed by atoms with Crippen molar-refractivity contribution in [3.8, 4) is 0 Å². The SMILES string of the molecule is CCOC(=O)C(C=O)CCOC. The molecule has 70 valence electrons. The van der Waals surface area contributed by atoms with E-state index in [1.54, 1.807) is 6.92 Å². The van der Waals surface area contributed by atoms with Gasteiger partial charge in [0.15, 0.2) is 0 Å². The molecule has 0 fully saturated rings. The second-order valence-electron chi connectivity index (χ2n) is 2.28. The van der Waals surface area contributed by atoms with E-state index >= 15 is 0 Å². The molecule has 0 amide bonds. The number of hydrogen-bond donors (Lipinski definition) is 0. The van der Waals surface area contributed by atoms with E-state index in [0.29, 0.717) is 25.9 Å². The van der Waals surface area contributed by atoms with Crippen molar-refractivity contribution in [1.29, 1.82) is 0 Å². The Morgan fingerprint density at radius 1 is 1.58 bits per heavy atom. The number of carbonyl (C=O) groups excluding carboxylic acids is 2. The molecule has 0 rings (SSSR count). The zero-order valence-corrected chi connectivity index (χ0v) is 7.41. The van der Waals surface area contributed by atoms with Gasteiger partial charge in [0.2, 0.25) is 0 Å². The molecule has 0 bridgehead atoms. The van der Waals surface area contributed by atoms with E-state index in [9.17, 15) is 9.59 Å². The molecule has 0 saturated heterocycles. The fourth-order valence-electron chi connectivity index (χ4n) is 0.736. The van der Waals surface area contributed by atoms with Crippen LogP contribution in [0, 0.1) is 5.92 Å². The highest BCUT2D eigenvalue weighted by Crippen LogP contribution is 2.02. The normalized spacial score (nSPS) is 12.2. The summed E-state index contributed by atoms with van der Waals surface area (Å²) in [6.45, 7) is 2.40. The van der Waals surface area contributed by atoms with Crippen molar-refractivity contribution < 1.29 is 19.1 Å². The second-order valence-corrected chi connectivity index (χ2v) is 2.28. The molecule has 0 aliphatic heterocycles. The number of aldehydes is 1. The molecular weight excluding hydrogens is 160 g/mol. The van der Waals surface area contributed by atoms with Crippen LogP contribution in [-0.4, -0.2) is 32.6 Å². The van der Waals surface area contributed by atoms with Crippen molar-refractivity contribution in [3.05, 3.63) is 0 Å². The third-order valence-electron chi connectivity index (χ3n) is 1.39. The molecule has 0 aliphatic rings. The summed E-state index contributed by atoms with van der Waals surface area (Å²) in [6, 6.07) is 0. The number of carbonyl (C=O) groups is 2. The van der Waals surface area contributed by atoms with Crippen molar-refractivity contribution >= 4 is 12.3 Å². The third-order valence-corrected chi connectivity index (χ3v) is 1.39. The molecule has 1 unspecified atom stereocenters. The summed E-state index contributed by atoms with van der Waals surface area (Å²) in [5.74, 6) is -1.14. The summed E-state index contributed by atoms with van der Waals surface area (Å²) in [5.41, 5.74) is 0. The molecule has 4 heteroatoms. The number of rotatable bonds is 6. The van der Waals surface area contributed by atoms with Crippen molar-refractivity contribution in [2.24, 2.45) is 5.92 Å². The van der Waals surface area contributed by atoms with Gasteiger partial charge in [-0.2, -0.15) is 0 Å². The molecule has 0 aromatic carbocycles. The lowest BCUT2D eigenvalue weighted by molar-refractivity contribution is -0.149. The van der Waals surface area contributed by atoms with E-state index < -0.39 is 11.9 Å². The summed E-state index contributed by atoms with van der Waals surface area (Å²) in [6.07, 6.45) is 0.982. The first-order valence-electron chi connectivity index (χ1n) is 3.87. The van der Waals surface area contributed by atoms with Crippen molar-refractivity contribution in [2.75, 3.05) is 20.3 Å². The fraction of sp³-hybridized carbons (Fsp3) is 0.750. The highest BCUT2D eigenvalue weighted by molar-refractivity contribution is 5.87. The maximum absolute atomic E-state index is 11.0. The maximum Gasteiger partial charge on any atom is 0.316 e. The second kappa shape index (κ2) is 6.79. The largest absolute Gasteiger partial charge is 0.465 e. The molecular formula is C8H14O4. The van der Waals surface area contributed by atoms with Crippen LogP contribution in [0.25, 0.3) is 0 Å². The highest BCUT2D eigenvalue weighted by atomic mass is 16.5. The number of hydrogen-bond acceptors (Lipinski definition) is 4. The molecule has 0 N–H and O–H groups in total. The number of methoxy groups -OCH3 is 1. The van der Waals surface area contributed by atoms with E-state index in [1.807, 2.05) is 0 Å². The lowest BCUT2D eigenvalue weighted by atomic mass is 10.1. The lowest BCUT2D eigenvalue weighted by Gasteiger charge is -2.07. The van der Waals surface area contributed by atoms with Gasteiger partial charge in [0.05, 0.1) is 6.61 Å². The van der Waals surface area contributed by atoms with Gasteiger partial charge >= 0.3 is 5.97 Å². The summed E-state index contributed by atoms with van der Waals surface area (Å²) in [5, 5.41) is 0. The zero-order valence-electron chi connectivity index (χ0n) is 7.41. The molecule has 0 aliphatic carbocycles. The average molecular weight is 174 g/mol. The quantitative estimate of drug-likeness (QED) is 0.332. The molecule has 0 spiro atoms. The van der Waals surface area contributed by atoms with Crippen LogP contribution in [0.5, 0.6) is 0 Å². The average Bonchev–Trinajstić information content (AvgIpc) is 2.06. The van der Waals surface area contributed by atoms with E-state index in [1.165, 1.54) is 7.11 Å². The van der Waals surface area contributed by atoms with Crippen molar-refractivity contribution in [2.45, 2.75) is 13.3 Å². The molecule has 0 heterocycles. The van der Waals surface area contributed by atoms with Crippen LogP contribution in [0.15, 0.2) is 0 Å². The third kappa shape index (κ3) is 4.08. The van der Waals surface area contributed by atoms with Crippen molar-refractivity contribution in [1.82, 2.24) is 0 Å². The van der Waals surface area contributed by atoms with Crippen molar-refractivity contribution in [3.63, 3.8) is 0 Å². The molecule has 0 saturated carbocycles. The number of esters is 1. The molecule has 1 atom stereocenters. The predicted octanol–water partition coefficient (Wildman–Crippen LogP) is 0.401. The van der Waals surface area contributed by atoms with Crippen LogP contribution in [0.4, 0.5) is 0 Å². The fourth-order valence-corrected chi connectivity index (χ4v) is 0.736. The summed E-state index contributed by atoms with van der Waals surface area (Å²) in [7, 11) is 1.52. The van der Waals surface area contributed by atoms with E-state index in [0.717, 1.165) is 0 Å². The molecule has 4 nitrogen and oxygen atoms in total. The van der Waals surface area contributed by atoms with Gasteiger partial charge in [-0.15, -0.1) is 0 Å². The predicted molar refractivity (Wildman–Crippen MR) is 42.7 cm³/mol. The van der Waals surface area contributed by atoms with Crippen LogP contribution < -0.4 is 0 Å². The standard InChI is InChI=1S/C8H14O4/c1-3-12-8(10)7(6-9)4-5-11-2/h6-7H,3-5H2,1-2H3. The van der Waals surface area contributed by atoms with Gasteiger partial charge in [-0.05, 0) is 13.3 Å². The Morgan fingerprint density at radius 2 is 2.25 bits per heavy atom. The van der Waals surface area contributed by atoms with Crippen LogP contribution in [-0.2, 0) is 19.1 Å². The number of ether oxygens (including phenoxy) is 2. The molecule has 12 heavy (non-hydrogen) atoms. The Balaban J connectivity index is 3.79. The highest BCUT2D eigenvalue weighted by Gasteiger charge is 2.17. The van der Waals surface area contributed by atoms with Crippen LogP contribution in [0.3, 0.4) is 0 Å². The van der Waals surface area contributed by atoms with Gasteiger partial charge in [0.25, 0.3) is 0 Å². The van der Waals surface area contributed by atoms with Gasteiger partial charge in [0, 0.05) is 13.7 Å². The molecule has 0 aromatic rings. The van der Waals surface area contributed by atoms with Gasteiger partial charge in [-0.25, -0.2) is 0 Å². The molecule has 0 radical (unpaired) electrons. The monoisotopic (exact) mass is 174 g/mol. The van der Waals surface area contributed by atoms with Gasteiger partial charge in [-0.1, -0.05) is 0 Å². The van der Waals surface area contributed by atoms with Gasteiger partial charge < -0.3 is 14.3 Å². The maximum atomic E-state index is 11.0. The summed E-state index contributed by atoms with van der Waals surface area (Å²) >= 11 is 0. The molecule has 0 aromatic heterocycles. The van der Waals surface area contributed by atoms with Gasteiger partial charge in [-0.3, -0.25) is 4.79 Å². The summed E-state index contributed by atoms with van der Waals surface area (Å²) < 4.78 is 9.40. The Labute approximate surface area is 71.8 Å². The lowest BCUT2D eigenvalue weighted by Crippen LogP contribution is -2.20. The minimum absolute atomic E-state index is 0.302. The first kappa shape index (κ1) is 11.1. The van der Waals surface area contributed by atoms with Crippen LogP contribution >= 0.6 is 0 Å². The topological polar surface area (TPSA) is 52.6 Å². The first-order valence-corrected chi connectivity index (χ1v) is 3.87. The Morgan fingerprint density at radius 3 is 2.67 bits per heavy atom. The Kier molecular flexibility index (Phi) is 6.28. The summed E-state index contributed by atoms with van der Waals surface area (Å²) in [4.78, 5) is 21.3. The first-order chi connectivity index (χ1) is 5.76. The van der Waals surface area contributed by atoms with Crippen LogP contribution in [0.2, 0.25) is 0 Å².